The molecule has 11 aromatic rings. The summed E-state index contributed by atoms with van der Waals surface area (Å²) in [5.74, 6) is 0. The van der Waals surface area contributed by atoms with Crippen molar-refractivity contribution in [2.75, 3.05) is 4.90 Å². The summed E-state index contributed by atoms with van der Waals surface area (Å²) in [4.78, 5) is 2.32. The third-order valence-corrected chi connectivity index (χ3v) is 11.1. The highest BCUT2D eigenvalue weighted by Crippen LogP contribution is 2.43. The Kier molecular flexibility index (Phi) is 7.82. The van der Waals surface area contributed by atoms with Crippen LogP contribution >= 0.6 is 0 Å². The molecule has 0 atom stereocenters. The molecule has 268 valence electrons. The number of anilines is 3. The molecule has 0 unspecified atom stereocenters. The summed E-state index contributed by atoms with van der Waals surface area (Å²) in [5.41, 5.74) is 15.9. The minimum atomic E-state index is 0.837. The first kappa shape index (κ1) is 32.8. The predicted molar refractivity (Wildman–Crippen MR) is 237 cm³/mol. The molecule has 3 heteroatoms. The van der Waals surface area contributed by atoms with E-state index in [1.54, 1.807) is 0 Å². The number of nitrogens with zero attached hydrogens (tertiary/aromatic N) is 1. The molecule has 9 aromatic carbocycles. The zero-order valence-electron chi connectivity index (χ0n) is 31.0. The van der Waals surface area contributed by atoms with Crippen molar-refractivity contribution in [3.63, 3.8) is 0 Å². The molecule has 11 rings (SSSR count). The van der Waals surface area contributed by atoms with Gasteiger partial charge in [0.25, 0.3) is 0 Å². The Labute approximate surface area is 330 Å². The Morgan fingerprint density at radius 3 is 1.23 bits per heavy atom. The van der Waals surface area contributed by atoms with Crippen LogP contribution in [0.15, 0.2) is 221 Å². The van der Waals surface area contributed by atoms with Crippen LogP contribution in [0.1, 0.15) is 0 Å². The molecular formula is C54H35NO2. The SMILES string of the molecule is c1ccc(-c2ccc(-c3ccc(N(c4ccc(-c5ccccc5)cc4)c4ccc5oc6cc7c(cc6c5c4)oc4c(-c5ccccc5)cccc47)cc3)cc2)cc1. The third-order valence-electron chi connectivity index (χ3n) is 11.1. The number of para-hydroxylation sites is 1. The zero-order valence-corrected chi connectivity index (χ0v) is 31.0. The quantitative estimate of drug-likeness (QED) is 0.164. The molecule has 0 N–H and O–H groups in total. The summed E-state index contributed by atoms with van der Waals surface area (Å²) in [7, 11) is 0. The van der Waals surface area contributed by atoms with Crippen molar-refractivity contribution in [3.8, 4) is 44.5 Å². The van der Waals surface area contributed by atoms with Gasteiger partial charge in [0.1, 0.15) is 22.3 Å². The minimum absolute atomic E-state index is 0.837. The van der Waals surface area contributed by atoms with E-state index in [0.717, 1.165) is 72.1 Å². The molecule has 0 spiro atoms. The lowest BCUT2D eigenvalue weighted by atomic mass is 10.00. The molecule has 0 fully saturated rings. The van der Waals surface area contributed by atoms with Crippen LogP contribution in [0.5, 0.6) is 0 Å². The molecule has 0 bridgehead atoms. The average molecular weight is 730 g/mol. The molecule has 0 saturated carbocycles. The predicted octanol–water partition coefficient (Wildman–Crippen LogP) is 15.6. The Bertz CT molecular complexity index is 3180. The highest BCUT2D eigenvalue weighted by molar-refractivity contribution is 6.17. The second-order valence-corrected chi connectivity index (χ2v) is 14.5. The zero-order chi connectivity index (χ0) is 37.7. The van der Waals surface area contributed by atoms with Crippen molar-refractivity contribution in [2.24, 2.45) is 0 Å². The van der Waals surface area contributed by atoms with Gasteiger partial charge >= 0.3 is 0 Å². The highest BCUT2D eigenvalue weighted by Gasteiger charge is 2.19. The summed E-state index contributed by atoms with van der Waals surface area (Å²) < 4.78 is 13.2. The Morgan fingerprint density at radius 2 is 0.684 bits per heavy atom. The van der Waals surface area contributed by atoms with Crippen LogP contribution in [0.25, 0.3) is 88.4 Å². The van der Waals surface area contributed by atoms with Gasteiger partial charge in [-0.3, -0.25) is 0 Å². The standard InChI is InChI=1S/C54H35NO2/c1-4-11-36(12-5-1)38-19-21-39(22-20-38)41-25-29-44(30-26-41)55(43-27-23-40(24-28-43)37-13-6-2-7-14-37)45-31-32-51-48(33-45)50-35-53-49(34-52(50)56-51)47-18-10-17-46(54(47)57-53)42-15-8-3-9-16-42/h1-35H. The Morgan fingerprint density at radius 1 is 0.263 bits per heavy atom. The summed E-state index contributed by atoms with van der Waals surface area (Å²) in [5, 5.41) is 4.18. The lowest BCUT2D eigenvalue weighted by molar-refractivity contribution is 0.664. The van der Waals surface area contributed by atoms with Crippen LogP contribution in [0.4, 0.5) is 17.1 Å². The molecule has 2 heterocycles. The van der Waals surface area contributed by atoms with Crippen LogP contribution in [-0.4, -0.2) is 0 Å². The summed E-state index contributed by atoms with van der Waals surface area (Å²) in [6, 6.07) is 75.0. The van der Waals surface area contributed by atoms with Crippen LogP contribution < -0.4 is 4.90 Å². The van der Waals surface area contributed by atoms with Gasteiger partial charge in [0, 0.05) is 44.2 Å². The maximum atomic E-state index is 6.65. The fraction of sp³-hybridized carbons (Fsp3) is 0. The molecule has 0 aliphatic heterocycles. The maximum absolute atomic E-state index is 6.65. The summed E-state index contributed by atoms with van der Waals surface area (Å²) in [6.45, 7) is 0. The molecule has 0 aliphatic rings. The number of hydrogen-bond donors (Lipinski definition) is 0. The Hall–Kier alpha value is -7.62. The maximum Gasteiger partial charge on any atom is 0.143 e. The number of benzene rings is 9. The smallest absolute Gasteiger partial charge is 0.143 e. The molecule has 0 aliphatic carbocycles. The van der Waals surface area contributed by atoms with E-state index in [-0.39, 0.29) is 0 Å². The van der Waals surface area contributed by atoms with Gasteiger partial charge in [0.2, 0.25) is 0 Å². The minimum Gasteiger partial charge on any atom is -0.456 e. The lowest BCUT2D eigenvalue weighted by Crippen LogP contribution is -2.09. The van der Waals surface area contributed by atoms with Gasteiger partial charge in [0.05, 0.1) is 0 Å². The first-order chi connectivity index (χ1) is 28.2. The van der Waals surface area contributed by atoms with Gasteiger partial charge in [-0.2, -0.15) is 0 Å². The molecule has 2 aromatic heterocycles. The summed E-state index contributed by atoms with van der Waals surface area (Å²) in [6.07, 6.45) is 0. The van der Waals surface area contributed by atoms with E-state index in [4.69, 9.17) is 8.83 Å². The van der Waals surface area contributed by atoms with Crippen molar-refractivity contribution < 1.29 is 8.83 Å². The number of fused-ring (bicyclic) bond motifs is 6. The van der Waals surface area contributed by atoms with Crippen LogP contribution in [-0.2, 0) is 0 Å². The van der Waals surface area contributed by atoms with Gasteiger partial charge < -0.3 is 13.7 Å². The van der Waals surface area contributed by atoms with Crippen LogP contribution in [0.3, 0.4) is 0 Å². The summed E-state index contributed by atoms with van der Waals surface area (Å²) >= 11 is 0. The van der Waals surface area contributed by atoms with Crippen molar-refractivity contribution in [2.45, 2.75) is 0 Å². The second kappa shape index (κ2) is 13.6. The van der Waals surface area contributed by atoms with E-state index in [1.165, 1.54) is 33.4 Å². The van der Waals surface area contributed by atoms with Crippen molar-refractivity contribution in [1.29, 1.82) is 0 Å². The number of hydrogen-bond acceptors (Lipinski definition) is 3. The molecule has 0 radical (unpaired) electrons. The first-order valence-corrected chi connectivity index (χ1v) is 19.3. The van der Waals surface area contributed by atoms with Gasteiger partial charge in [-0.25, -0.2) is 0 Å². The molecular weight excluding hydrogens is 695 g/mol. The average Bonchev–Trinajstić information content (AvgIpc) is 3.84. The number of rotatable bonds is 7. The van der Waals surface area contributed by atoms with Gasteiger partial charge in [-0.05, 0) is 93.5 Å². The van der Waals surface area contributed by atoms with Gasteiger partial charge in [0.15, 0.2) is 0 Å². The van der Waals surface area contributed by atoms with Crippen molar-refractivity contribution in [3.05, 3.63) is 212 Å². The van der Waals surface area contributed by atoms with Crippen molar-refractivity contribution in [1.82, 2.24) is 0 Å². The van der Waals surface area contributed by atoms with E-state index in [1.807, 2.05) is 6.07 Å². The van der Waals surface area contributed by atoms with Crippen molar-refractivity contribution >= 4 is 60.9 Å². The van der Waals surface area contributed by atoms with E-state index >= 15 is 0 Å². The molecule has 0 saturated heterocycles. The van der Waals surface area contributed by atoms with E-state index < -0.39 is 0 Å². The van der Waals surface area contributed by atoms with Gasteiger partial charge in [-0.1, -0.05) is 158 Å². The number of furan rings is 2. The third kappa shape index (κ3) is 5.85. The lowest BCUT2D eigenvalue weighted by Gasteiger charge is -2.26. The van der Waals surface area contributed by atoms with E-state index in [9.17, 15) is 0 Å². The topological polar surface area (TPSA) is 29.5 Å². The normalized spacial score (nSPS) is 11.5. The molecule has 3 nitrogen and oxygen atoms in total. The van der Waals surface area contributed by atoms with Crippen LogP contribution in [0.2, 0.25) is 0 Å². The fourth-order valence-electron chi connectivity index (χ4n) is 8.21. The monoisotopic (exact) mass is 729 g/mol. The van der Waals surface area contributed by atoms with E-state index in [0.29, 0.717) is 0 Å². The van der Waals surface area contributed by atoms with E-state index in [2.05, 4.69) is 211 Å². The fourth-order valence-corrected chi connectivity index (χ4v) is 8.21. The van der Waals surface area contributed by atoms with Crippen LogP contribution in [0, 0.1) is 0 Å². The largest absolute Gasteiger partial charge is 0.456 e. The molecule has 57 heavy (non-hydrogen) atoms. The molecule has 0 amide bonds. The highest BCUT2D eigenvalue weighted by atomic mass is 16.3. The second-order valence-electron chi connectivity index (χ2n) is 14.5. The van der Waals surface area contributed by atoms with Gasteiger partial charge in [-0.15, -0.1) is 0 Å². The first-order valence-electron chi connectivity index (χ1n) is 19.3. The Balaban J connectivity index is 1.01.